The van der Waals surface area contributed by atoms with E-state index in [0.717, 1.165) is 25.9 Å². The van der Waals surface area contributed by atoms with Gasteiger partial charge in [0.05, 0.1) is 5.39 Å². The molecular weight excluding hydrogens is 306 g/mol. The van der Waals surface area contributed by atoms with Gasteiger partial charge in [-0.15, -0.1) is 0 Å². The van der Waals surface area contributed by atoms with Crippen LogP contribution in [0.25, 0.3) is 11.0 Å². The van der Waals surface area contributed by atoms with Gasteiger partial charge in [-0.2, -0.15) is 0 Å². The molecule has 3 rings (SSSR count). The van der Waals surface area contributed by atoms with Gasteiger partial charge in [-0.05, 0) is 38.8 Å². The Kier molecular flexibility index (Phi) is 4.89. The number of fused-ring (bicyclic) bond motifs is 1. The number of nitrogens with one attached hydrogen (secondary N) is 1. The molecule has 1 fully saturated rings. The molecule has 2 aromatic heterocycles. The average molecular weight is 329 g/mol. The minimum Gasteiger partial charge on any atom is -0.352 e. The van der Waals surface area contributed by atoms with Crippen LogP contribution < -0.4 is 10.9 Å². The van der Waals surface area contributed by atoms with E-state index >= 15 is 0 Å². The van der Waals surface area contributed by atoms with Crippen molar-refractivity contribution in [2.24, 2.45) is 0 Å². The van der Waals surface area contributed by atoms with Gasteiger partial charge in [0.1, 0.15) is 12.9 Å². The van der Waals surface area contributed by atoms with Crippen molar-refractivity contribution >= 4 is 16.9 Å². The molecule has 2 aromatic rings. The van der Waals surface area contributed by atoms with Crippen LogP contribution in [0, 0.1) is 0 Å². The van der Waals surface area contributed by atoms with Crippen LogP contribution in [-0.4, -0.2) is 50.5 Å². The van der Waals surface area contributed by atoms with Crippen LogP contribution in [0.4, 0.5) is 0 Å². The Balaban J connectivity index is 1.62. The number of carbonyl (C=O) groups is 1. The van der Waals surface area contributed by atoms with Crippen LogP contribution in [0.1, 0.15) is 26.7 Å². The molecule has 0 radical (unpaired) electrons. The topological polar surface area (TPSA) is 80.1 Å². The maximum Gasteiger partial charge on any atom is 0.263 e. The van der Waals surface area contributed by atoms with Gasteiger partial charge in [0.25, 0.3) is 5.56 Å². The summed E-state index contributed by atoms with van der Waals surface area (Å²) in [7, 11) is 0. The Morgan fingerprint density at radius 1 is 1.33 bits per heavy atom. The summed E-state index contributed by atoms with van der Waals surface area (Å²) in [5.41, 5.74) is 0.165. The Bertz CT molecular complexity index is 778. The summed E-state index contributed by atoms with van der Waals surface area (Å²) in [6.45, 7) is 6.35. The largest absolute Gasteiger partial charge is 0.352 e. The lowest BCUT2D eigenvalue weighted by atomic mass is 10.0. The van der Waals surface area contributed by atoms with Crippen LogP contribution in [0.2, 0.25) is 0 Å². The van der Waals surface area contributed by atoms with E-state index in [-0.39, 0.29) is 24.1 Å². The molecule has 1 amide bonds. The maximum atomic E-state index is 12.4. The van der Waals surface area contributed by atoms with Gasteiger partial charge in [0.15, 0.2) is 5.65 Å². The molecule has 1 aliphatic heterocycles. The fourth-order valence-corrected chi connectivity index (χ4v) is 3.10. The number of hydrogen-bond acceptors (Lipinski definition) is 5. The summed E-state index contributed by atoms with van der Waals surface area (Å²) in [6.07, 6.45) is 4.87. The first kappa shape index (κ1) is 16.6. The number of likely N-dealkylation sites (tertiary alicyclic amines) is 1. The highest BCUT2D eigenvalue weighted by molar-refractivity contribution is 5.77. The zero-order chi connectivity index (χ0) is 17.1. The highest BCUT2D eigenvalue weighted by Gasteiger charge is 2.22. The molecule has 0 aromatic carbocycles. The molecule has 0 unspecified atom stereocenters. The summed E-state index contributed by atoms with van der Waals surface area (Å²) >= 11 is 0. The Labute approximate surface area is 140 Å². The molecule has 0 atom stereocenters. The van der Waals surface area contributed by atoms with E-state index < -0.39 is 0 Å². The van der Waals surface area contributed by atoms with Gasteiger partial charge in [-0.25, -0.2) is 9.97 Å². The lowest BCUT2D eigenvalue weighted by Crippen LogP contribution is -2.47. The van der Waals surface area contributed by atoms with Gasteiger partial charge < -0.3 is 10.2 Å². The van der Waals surface area contributed by atoms with E-state index in [1.807, 2.05) is 0 Å². The number of carbonyl (C=O) groups excluding carboxylic acids is 1. The predicted octanol–water partition coefficient (Wildman–Crippen LogP) is 0.780. The SMILES string of the molecule is CC(C)N1CCC(NC(=O)Cn2cnc3ncccc3c2=O)CC1. The first-order chi connectivity index (χ1) is 11.5. The third-order valence-electron chi connectivity index (χ3n) is 4.54. The number of rotatable bonds is 4. The lowest BCUT2D eigenvalue weighted by molar-refractivity contribution is -0.122. The summed E-state index contributed by atoms with van der Waals surface area (Å²) in [4.78, 5) is 35.2. The molecule has 7 heteroatoms. The summed E-state index contributed by atoms with van der Waals surface area (Å²) in [5.74, 6) is -0.148. The van der Waals surface area contributed by atoms with Gasteiger partial charge in [0.2, 0.25) is 5.91 Å². The van der Waals surface area contributed by atoms with Gasteiger partial charge in [0, 0.05) is 31.4 Å². The first-order valence-corrected chi connectivity index (χ1v) is 8.38. The van der Waals surface area contributed by atoms with Crippen molar-refractivity contribution in [3.8, 4) is 0 Å². The highest BCUT2D eigenvalue weighted by atomic mass is 16.2. The van der Waals surface area contributed by atoms with Gasteiger partial charge in [-0.3, -0.25) is 14.2 Å². The number of pyridine rings is 1. The molecule has 1 N–H and O–H groups in total. The van der Waals surface area contributed by atoms with E-state index in [1.54, 1.807) is 18.3 Å². The van der Waals surface area contributed by atoms with Crippen molar-refractivity contribution < 1.29 is 4.79 Å². The Hall–Kier alpha value is -2.28. The molecule has 24 heavy (non-hydrogen) atoms. The number of hydrogen-bond donors (Lipinski definition) is 1. The molecular formula is C17H23N5O2. The van der Waals surface area contributed by atoms with Crippen molar-refractivity contribution in [1.82, 2.24) is 24.8 Å². The van der Waals surface area contributed by atoms with Crippen LogP contribution in [0.15, 0.2) is 29.5 Å². The van der Waals surface area contributed by atoms with E-state index in [9.17, 15) is 9.59 Å². The third-order valence-corrected chi connectivity index (χ3v) is 4.54. The van der Waals surface area contributed by atoms with Crippen LogP contribution in [0.5, 0.6) is 0 Å². The highest BCUT2D eigenvalue weighted by Crippen LogP contribution is 2.12. The molecule has 1 saturated heterocycles. The zero-order valence-electron chi connectivity index (χ0n) is 14.1. The summed E-state index contributed by atoms with van der Waals surface area (Å²) < 4.78 is 1.34. The monoisotopic (exact) mass is 329 g/mol. The normalized spacial score (nSPS) is 16.6. The van der Waals surface area contributed by atoms with Crippen molar-refractivity contribution in [2.45, 2.75) is 45.3 Å². The molecule has 1 aliphatic rings. The molecule has 0 saturated carbocycles. The molecule has 128 valence electrons. The quantitative estimate of drug-likeness (QED) is 0.897. The Morgan fingerprint density at radius 3 is 2.79 bits per heavy atom. The second kappa shape index (κ2) is 7.09. The standard InChI is InChI=1S/C17H23N5O2/c1-12(2)21-8-5-13(6-9-21)20-15(23)10-22-11-19-16-14(17(22)24)4-3-7-18-16/h3-4,7,11-13H,5-6,8-10H2,1-2H3,(H,20,23). The van der Waals surface area contributed by atoms with Gasteiger partial charge >= 0.3 is 0 Å². The molecule has 0 spiro atoms. The lowest BCUT2D eigenvalue weighted by Gasteiger charge is -2.34. The molecule has 0 aliphatic carbocycles. The second-order valence-electron chi connectivity index (χ2n) is 6.52. The fraction of sp³-hybridized carbons (Fsp3) is 0.529. The molecule has 7 nitrogen and oxygen atoms in total. The number of amides is 1. The van der Waals surface area contributed by atoms with E-state index in [2.05, 4.69) is 34.0 Å². The number of piperidine rings is 1. The van der Waals surface area contributed by atoms with Crippen LogP contribution in [0.3, 0.4) is 0 Å². The molecule has 0 bridgehead atoms. The van der Waals surface area contributed by atoms with Gasteiger partial charge in [-0.1, -0.05) is 0 Å². The van der Waals surface area contributed by atoms with E-state index in [1.165, 1.54) is 10.9 Å². The fourth-order valence-electron chi connectivity index (χ4n) is 3.10. The first-order valence-electron chi connectivity index (χ1n) is 8.38. The predicted molar refractivity (Wildman–Crippen MR) is 91.7 cm³/mol. The van der Waals surface area contributed by atoms with Crippen LogP contribution in [-0.2, 0) is 11.3 Å². The summed E-state index contributed by atoms with van der Waals surface area (Å²) in [6, 6.07) is 4.09. The van der Waals surface area contributed by atoms with Crippen LogP contribution >= 0.6 is 0 Å². The average Bonchev–Trinajstić information content (AvgIpc) is 2.58. The van der Waals surface area contributed by atoms with Crippen molar-refractivity contribution in [3.05, 3.63) is 35.0 Å². The summed E-state index contributed by atoms with van der Waals surface area (Å²) in [5, 5.41) is 3.46. The van der Waals surface area contributed by atoms with Crippen molar-refractivity contribution in [1.29, 1.82) is 0 Å². The number of aromatic nitrogens is 3. The minimum absolute atomic E-state index is 0.0128. The zero-order valence-corrected chi connectivity index (χ0v) is 14.1. The molecule has 3 heterocycles. The third kappa shape index (κ3) is 3.62. The van der Waals surface area contributed by atoms with Crippen molar-refractivity contribution in [3.63, 3.8) is 0 Å². The maximum absolute atomic E-state index is 12.4. The second-order valence-corrected chi connectivity index (χ2v) is 6.52. The Morgan fingerprint density at radius 2 is 2.08 bits per heavy atom. The van der Waals surface area contributed by atoms with Crippen molar-refractivity contribution in [2.75, 3.05) is 13.1 Å². The smallest absolute Gasteiger partial charge is 0.263 e. The minimum atomic E-state index is -0.238. The van der Waals surface area contributed by atoms with E-state index in [4.69, 9.17) is 0 Å². The van der Waals surface area contributed by atoms with E-state index in [0.29, 0.717) is 17.1 Å². The number of nitrogens with zero attached hydrogens (tertiary/aromatic N) is 4.